The zero-order chi connectivity index (χ0) is 17.5. The molecule has 0 unspecified atom stereocenters. The molecule has 4 aromatic rings. The summed E-state index contributed by atoms with van der Waals surface area (Å²) in [7, 11) is -0.980. The van der Waals surface area contributed by atoms with E-state index in [1.54, 1.807) is 0 Å². The summed E-state index contributed by atoms with van der Waals surface area (Å²) in [5.74, 6) is 0.0932. The lowest BCUT2D eigenvalue weighted by molar-refractivity contribution is 0.101. The van der Waals surface area contributed by atoms with Crippen LogP contribution < -0.4 is 15.3 Å². The molecule has 0 radical (unpaired) electrons. The molecule has 1 aliphatic heterocycles. The summed E-state index contributed by atoms with van der Waals surface area (Å²) < 4.78 is 2.01. The van der Waals surface area contributed by atoms with Crippen LogP contribution in [0.3, 0.4) is 0 Å². The van der Waals surface area contributed by atoms with Crippen LogP contribution in [-0.2, 0) is 0 Å². The summed E-state index contributed by atoms with van der Waals surface area (Å²) in [6, 6.07) is 32.9. The van der Waals surface area contributed by atoms with Gasteiger partial charge in [0.25, 0.3) is 5.91 Å². The van der Waals surface area contributed by atoms with Crippen molar-refractivity contribution in [3.63, 3.8) is 0 Å². The van der Waals surface area contributed by atoms with Gasteiger partial charge in [0.1, 0.15) is 0 Å². The molecule has 0 N–H and O–H groups in total. The Kier molecular flexibility index (Phi) is 3.58. The highest BCUT2D eigenvalue weighted by molar-refractivity contribution is 7.75. The molecule has 0 spiro atoms. The van der Waals surface area contributed by atoms with Crippen molar-refractivity contribution in [1.29, 1.82) is 0 Å². The standard InChI is InChI=1S/C23H16NOP/c25-23-20-15-7-9-17-10-8-16-21(22(17)20)24(23)26(18-11-3-1-4-12-18)19-13-5-2-6-14-19/h1-16H. The molecule has 5 rings (SSSR count). The molecule has 0 aromatic heterocycles. The largest absolute Gasteiger partial charge is 0.278 e. The van der Waals surface area contributed by atoms with Crippen LogP contribution in [0.4, 0.5) is 5.69 Å². The molecular formula is C23H16NOP. The number of hydrogen-bond donors (Lipinski definition) is 0. The van der Waals surface area contributed by atoms with E-state index < -0.39 is 8.07 Å². The smallest absolute Gasteiger partial charge is 0.262 e. The second-order valence-electron chi connectivity index (χ2n) is 6.28. The molecule has 4 aromatic carbocycles. The molecule has 1 aliphatic rings. The van der Waals surface area contributed by atoms with Crippen molar-refractivity contribution in [3.8, 4) is 0 Å². The van der Waals surface area contributed by atoms with E-state index in [4.69, 9.17) is 0 Å². The average Bonchev–Trinajstić information content (AvgIpc) is 2.99. The van der Waals surface area contributed by atoms with Gasteiger partial charge in [-0.1, -0.05) is 84.9 Å². The molecule has 0 aliphatic carbocycles. The maximum Gasteiger partial charge on any atom is 0.262 e. The van der Waals surface area contributed by atoms with Crippen LogP contribution in [0.15, 0.2) is 97.1 Å². The van der Waals surface area contributed by atoms with Gasteiger partial charge in [-0.2, -0.15) is 0 Å². The molecule has 0 atom stereocenters. The van der Waals surface area contributed by atoms with Gasteiger partial charge in [0.05, 0.1) is 19.3 Å². The number of hydrogen-bond acceptors (Lipinski definition) is 1. The highest BCUT2D eigenvalue weighted by atomic mass is 31.1. The van der Waals surface area contributed by atoms with Crippen molar-refractivity contribution in [2.75, 3.05) is 4.67 Å². The lowest BCUT2D eigenvalue weighted by Crippen LogP contribution is -2.31. The minimum Gasteiger partial charge on any atom is -0.278 e. The fourth-order valence-electron chi connectivity index (χ4n) is 3.62. The molecule has 2 nitrogen and oxygen atoms in total. The van der Waals surface area contributed by atoms with Gasteiger partial charge >= 0.3 is 0 Å². The summed E-state index contributed by atoms with van der Waals surface area (Å²) in [6.07, 6.45) is 0. The lowest BCUT2D eigenvalue weighted by Gasteiger charge is -2.29. The summed E-state index contributed by atoms with van der Waals surface area (Å²) >= 11 is 0. The number of rotatable bonds is 3. The average molecular weight is 353 g/mol. The summed E-state index contributed by atoms with van der Waals surface area (Å²) in [6.45, 7) is 0. The minimum absolute atomic E-state index is 0.0932. The Labute approximate surface area is 153 Å². The van der Waals surface area contributed by atoms with Gasteiger partial charge in [-0.3, -0.25) is 9.46 Å². The van der Waals surface area contributed by atoms with Crippen LogP contribution in [0, 0.1) is 0 Å². The third kappa shape index (κ3) is 2.27. The first-order valence-electron chi connectivity index (χ1n) is 8.61. The first-order valence-corrected chi connectivity index (χ1v) is 9.90. The van der Waals surface area contributed by atoms with Gasteiger partial charge in [0, 0.05) is 16.0 Å². The number of nitrogens with zero attached hydrogens (tertiary/aromatic N) is 1. The van der Waals surface area contributed by atoms with Crippen molar-refractivity contribution in [1.82, 2.24) is 0 Å². The van der Waals surface area contributed by atoms with Crippen LogP contribution in [0.2, 0.25) is 0 Å². The normalized spacial score (nSPS) is 13.0. The van der Waals surface area contributed by atoms with Gasteiger partial charge in [0.2, 0.25) is 0 Å². The van der Waals surface area contributed by atoms with Crippen molar-refractivity contribution in [2.45, 2.75) is 0 Å². The Hall–Kier alpha value is -2.96. The first kappa shape index (κ1) is 15.3. The molecule has 124 valence electrons. The summed E-state index contributed by atoms with van der Waals surface area (Å²) in [5.41, 5.74) is 1.82. The molecule has 26 heavy (non-hydrogen) atoms. The zero-order valence-electron chi connectivity index (χ0n) is 14.0. The van der Waals surface area contributed by atoms with Crippen LogP contribution in [0.1, 0.15) is 10.4 Å². The molecule has 1 heterocycles. The van der Waals surface area contributed by atoms with E-state index >= 15 is 0 Å². The van der Waals surface area contributed by atoms with Gasteiger partial charge in [-0.05, 0) is 17.5 Å². The van der Waals surface area contributed by atoms with E-state index in [2.05, 4.69) is 42.5 Å². The fourth-order valence-corrected chi connectivity index (χ4v) is 5.96. The van der Waals surface area contributed by atoms with Crippen LogP contribution in [0.25, 0.3) is 10.8 Å². The second-order valence-corrected chi connectivity index (χ2v) is 8.34. The van der Waals surface area contributed by atoms with Crippen molar-refractivity contribution in [2.24, 2.45) is 0 Å². The SMILES string of the molecule is O=C1c2cccc3cccc(c23)N1P(c1ccccc1)c1ccccc1. The van der Waals surface area contributed by atoms with Crippen molar-refractivity contribution >= 4 is 41.0 Å². The second kappa shape index (κ2) is 6.09. The van der Waals surface area contributed by atoms with Crippen LogP contribution in [-0.4, -0.2) is 5.91 Å². The summed E-state index contributed by atoms with van der Waals surface area (Å²) in [5, 5.41) is 4.53. The molecule has 0 fully saturated rings. The van der Waals surface area contributed by atoms with E-state index in [1.807, 2.05) is 59.3 Å². The van der Waals surface area contributed by atoms with E-state index in [-0.39, 0.29) is 5.91 Å². The molecule has 1 amide bonds. The predicted molar refractivity (Wildman–Crippen MR) is 110 cm³/mol. The quantitative estimate of drug-likeness (QED) is 0.482. The van der Waals surface area contributed by atoms with E-state index in [0.29, 0.717) is 0 Å². The third-order valence-corrected chi connectivity index (χ3v) is 7.11. The topological polar surface area (TPSA) is 20.3 Å². The molecule has 3 heteroatoms. The summed E-state index contributed by atoms with van der Waals surface area (Å²) in [4.78, 5) is 13.4. The number of carbonyl (C=O) groups is 1. The number of benzene rings is 4. The van der Waals surface area contributed by atoms with Crippen LogP contribution in [0.5, 0.6) is 0 Å². The molecule has 0 bridgehead atoms. The molecular weight excluding hydrogens is 337 g/mol. The number of carbonyl (C=O) groups excluding carboxylic acids is 1. The minimum atomic E-state index is -0.980. The maximum atomic E-state index is 13.4. The zero-order valence-corrected chi connectivity index (χ0v) is 14.9. The predicted octanol–water partition coefficient (Wildman–Crippen LogP) is 4.85. The highest BCUT2D eigenvalue weighted by Crippen LogP contribution is 2.50. The Morgan fingerprint density at radius 2 is 1.19 bits per heavy atom. The van der Waals surface area contributed by atoms with Gasteiger partial charge in [0.15, 0.2) is 0 Å². The highest BCUT2D eigenvalue weighted by Gasteiger charge is 2.36. The van der Waals surface area contributed by atoms with Crippen molar-refractivity contribution < 1.29 is 4.79 Å². The number of anilines is 1. The Morgan fingerprint density at radius 3 is 1.81 bits per heavy atom. The fraction of sp³-hybridized carbons (Fsp3) is 0. The Morgan fingerprint density at radius 1 is 0.615 bits per heavy atom. The molecule has 0 saturated heterocycles. The van der Waals surface area contributed by atoms with Crippen LogP contribution >= 0.6 is 8.07 Å². The monoisotopic (exact) mass is 353 g/mol. The number of amides is 1. The van der Waals surface area contributed by atoms with Gasteiger partial charge in [-0.15, -0.1) is 0 Å². The Balaban J connectivity index is 1.76. The van der Waals surface area contributed by atoms with E-state index in [0.717, 1.165) is 22.0 Å². The first-order chi connectivity index (χ1) is 12.8. The molecule has 0 saturated carbocycles. The lowest BCUT2D eigenvalue weighted by atomic mass is 10.1. The van der Waals surface area contributed by atoms with Gasteiger partial charge in [-0.25, -0.2) is 0 Å². The van der Waals surface area contributed by atoms with Gasteiger partial charge < -0.3 is 0 Å². The third-order valence-electron chi connectivity index (χ3n) is 4.74. The maximum absolute atomic E-state index is 13.4. The van der Waals surface area contributed by atoms with Crippen molar-refractivity contribution in [3.05, 3.63) is 103 Å². The van der Waals surface area contributed by atoms with E-state index in [1.165, 1.54) is 10.6 Å². The Bertz CT molecular complexity index is 1060. The van der Waals surface area contributed by atoms with E-state index in [9.17, 15) is 4.79 Å².